The molecule has 0 aliphatic heterocycles. The van der Waals surface area contributed by atoms with E-state index in [0.29, 0.717) is 5.82 Å². The van der Waals surface area contributed by atoms with Gasteiger partial charge in [0.1, 0.15) is 0 Å². The standard InChI is InChI=1S/C12H10N4/c1-9-4-2-3-5-10(9)11-6-7-12(14-8-13)16-15-11/h2-7H,1H3,(H,14,16). The van der Waals surface area contributed by atoms with Gasteiger partial charge in [0, 0.05) is 5.56 Å². The monoisotopic (exact) mass is 210 g/mol. The maximum atomic E-state index is 8.42. The van der Waals surface area contributed by atoms with Crippen molar-refractivity contribution in [2.75, 3.05) is 5.32 Å². The van der Waals surface area contributed by atoms with Gasteiger partial charge in [0.05, 0.1) is 5.69 Å². The first kappa shape index (κ1) is 10.1. The van der Waals surface area contributed by atoms with Crippen molar-refractivity contribution in [1.82, 2.24) is 10.2 Å². The number of nitrogens with one attached hydrogen (secondary N) is 1. The molecule has 0 unspecified atom stereocenters. The van der Waals surface area contributed by atoms with Gasteiger partial charge in [-0.15, -0.1) is 10.2 Å². The van der Waals surface area contributed by atoms with E-state index >= 15 is 0 Å². The molecule has 0 aliphatic rings. The Morgan fingerprint density at radius 2 is 1.94 bits per heavy atom. The number of hydrogen-bond acceptors (Lipinski definition) is 4. The molecule has 2 rings (SSSR count). The summed E-state index contributed by atoms with van der Waals surface area (Å²) in [5.74, 6) is 0.458. The largest absolute Gasteiger partial charge is 0.275 e. The van der Waals surface area contributed by atoms with Gasteiger partial charge in [0.2, 0.25) is 0 Å². The van der Waals surface area contributed by atoms with E-state index < -0.39 is 0 Å². The summed E-state index contributed by atoms with van der Waals surface area (Å²) < 4.78 is 0. The number of nitrogens with zero attached hydrogens (tertiary/aromatic N) is 3. The van der Waals surface area contributed by atoms with Gasteiger partial charge in [-0.05, 0) is 24.6 Å². The van der Waals surface area contributed by atoms with E-state index in [1.165, 1.54) is 0 Å². The molecule has 0 spiro atoms. The predicted molar refractivity (Wildman–Crippen MR) is 61.4 cm³/mol. The summed E-state index contributed by atoms with van der Waals surface area (Å²) in [6.45, 7) is 2.03. The van der Waals surface area contributed by atoms with Crippen molar-refractivity contribution in [3.8, 4) is 17.5 Å². The lowest BCUT2D eigenvalue weighted by Crippen LogP contribution is -1.95. The first-order valence-corrected chi connectivity index (χ1v) is 4.86. The van der Waals surface area contributed by atoms with Crippen LogP contribution in [-0.2, 0) is 0 Å². The summed E-state index contributed by atoms with van der Waals surface area (Å²) in [4.78, 5) is 0. The van der Waals surface area contributed by atoms with Crippen molar-refractivity contribution < 1.29 is 0 Å². The Morgan fingerprint density at radius 3 is 2.56 bits per heavy atom. The fourth-order valence-corrected chi connectivity index (χ4v) is 1.46. The number of benzene rings is 1. The molecule has 0 atom stereocenters. The van der Waals surface area contributed by atoms with E-state index in [2.05, 4.69) is 15.5 Å². The molecular weight excluding hydrogens is 200 g/mol. The van der Waals surface area contributed by atoms with E-state index in [1.807, 2.05) is 37.3 Å². The normalized spacial score (nSPS) is 9.50. The predicted octanol–water partition coefficient (Wildman–Crippen LogP) is 2.34. The first-order chi connectivity index (χ1) is 7.81. The van der Waals surface area contributed by atoms with Crippen LogP contribution in [0.25, 0.3) is 11.3 Å². The number of rotatable bonds is 2. The Bertz CT molecular complexity index is 525. The summed E-state index contributed by atoms with van der Waals surface area (Å²) >= 11 is 0. The van der Waals surface area contributed by atoms with E-state index in [-0.39, 0.29) is 0 Å². The first-order valence-electron chi connectivity index (χ1n) is 4.86. The third-order valence-electron chi connectivity index (χ3n) is 2.27. The van der Waals surface area contributed by atoms with E-state index in [4.69, 9.17) is 5.26 Å². The molecule has 1 N–H and O–H groups in total. The molecule has 0 fully saturated rings. The van der Waals surface area contributed by atoms with Crippen LogP contribution in [-0.4, -0.2) is 10.2 Å². The zero-order valence-corrected chi connectivity index (χ0v) is 8.81. The molecule has 0 saturated carbocycles. The Morgan fingerprint density at radius 1 is 1.12 bits per heavy atom. The highest BCUT2D eigenvalue weighted by molar-refractivity contribution is 5.63. The van der Waals surface area contributed by atoms with Crippen LogP contribution in [0.5, 0.6) is 0 Å². The quantitative estimate of drug-likeness (QED) is 0.610. The van der Waals surface area contributed by atoms with Gasteiger partial charge in [0.15, 0.2) is 12.0 Å². The molecule has 0 bridgehead atoms. The van der Waals surface area contributed by atoms with Gasteiger partial charge in [-0.3, -0.25) is 5.32 Å². The summed E-state index contributed by atoms with van der Waals surface area (Å²) in [5.41, 5.74) is 3.01. The minimum Gasteiger partial charge on any atom is -0.275 e. The zero-order chi connectivity index (χ0) is 11.4. The number of hydrogen-bond donors (Lipinski definition) is 1. The second-order valence-electron chi connectivity index (χ2n) is 3.36. The lowest BCUT2D eigenvalue weighted by atomic mass is 10.1. The summed E-state index contributed by atoms with van der Waals surface area (Å²) in [5, 5.41) is 18.8. The average molecular weight is 210 g/mol. The smallest absolute Gasteiger partial charge is 0.182 e. The summed E-state index contributed by atoms with van der Waals surface area (Å²) in [6.07, 6.45) is 1.80. The topological polar surface area (TPSA) is 61.6 Å². The highest BCUT2D eigenvalue weighted by Gasteiger charge is 2.02. The fourth-order valence-electron chi connectivity index (χ4n) is 1.46. The van der Waals surface area contributed by atoms with Crippen molar-refractivity contribution >= 4 is 5.82 Å². The van der Waals surface area contributed by atoms with Crippen LogP contribution in [0.15, 0.2) is 36.4 Å². The van der Waals surface area contributed by atoms with Gasteiger partial charge in [-0.1, -0.05) is 24.3 Å². The van der Waals surface area contributed by atoms with Crippen LogP contribution in [0.3, 0.4) is 0 Å². The van der Waals surface area contributed by atoms with Crippen molar-refractivity contribution in [2.45, 2.75) is 6.92 Å². The van der Waals surface area contributed by atoms with E-state index in [0.717, 1.165) is 16.8 Å². The highest BCUT2D eigenvalue weighted by atomic mass is 15.2. The molecule has 0 aliphatic carbocycles. The minimum atomic E-state index is 0.458. The van der Waals surface area contributed by atoms with Gasteiger partial charge >= 0.3 is 0 Å². The third-order valence-corrected chi connectivity index (χ3v) is 2.27. The molecule has 0 amide bonds. The molecule has 1 heterocycles. The molecule has 1 aromatic carbocycles. The summed E-state index contributed by atoms with van der Waals surface area (Å²) in [7, 11) is 0. The number of anilines is 1. The molecule has 78 valence electrons. The van der Waals surface area contributed by atoms with Crippen LogP contribution >= 0.6 is 0 Å². The Labute approximate surface area is 93.6 Å². The van der Waals surface area contributed by atoms with E-state index in [9.17, 15) is 0 Å². The Balaban J connectivity index is 2.36. The molecule has 4 heteroatoms. The SMILES string of the molecule is Cc1ccccc1-c1ccc(NC#N)nn1. The minimum absolute atomic E-state index is 0.458. The van der Waals surface area contributed by atoms with Gasteiger partial charge in [-0.2, -0.15) is 5.26 Å². The number of aromatic nitrogens is 2. The molecule has 1 aromatic heterocycles. The lowest BCUT2D eigenvalue weighted by molar-refractivity contribution is 1.04. The third kappa shape index (κ3) is 1.98. The molecular formula is C12H10N4. The number of nitriles is 1. The van der Waals surface area contributed by atoms with Crippen molar-refractivity contribution in [2.24, 2.45) is 0 Å². The van der Waals surface area contributed by atoms with Crippen LogP contribution in [0, 0.1) is 18.4 Å². The van der Waals surface area contributed by atoms with Gasteiger partial charge < -0.3 is 0 Å². The average Bonchev–Trinajstić information content (AvgIpc) is 2.31. The molecule has 16 heavy (non-hydrogen) atoms. The number of aryl methyl sites for hydroxylation is 1. The van der Waals surface area contributed by atoms with Crippen molar-refractivity contribution in [3.63, 3.8) is 0 Å². The maximum absolute atomic E-state index is 8.42. The lowest BCUT2D eigenvalue weighted by Gasteiger charge is -2.03. The van der Waals surface area contributed by atoms with Gasteiger partial charge in [-0.25, -0.2) is 0 Å². The Kier molecular flexibility index (Phi) is 2.79. The fraction of sp³-hybridized carbons (Fsp3) is 0.0833. The van der Waals surface area contributed by atoms with Crippen LogP contribution in [0.1, 0.15) is 5.56 Å². The second-order valence-corrected chi connectivity index (χ2v) is 3.36. The van der Waals surface area contributed by atoms with Crippen LogP contribution in [0.2, 0.25) is 0 Å². The zero-order valence-electron chi connectivity index (χ0n) is 8.81. The second kappa shape index (κ2) is 4.41. The highest BCUT2D eigenvalue weighted by Crippen LogP contribution is 2.20. The molecule has 2 aromatic rings. The molecule has 0 radical (unpaired) electrons. The van der Waals surface area contributed by atoms with Gasteiger partial charge in [0.25, 0.3) is 0 Å². The van der Waals surface area contributed by atoms with Crippen molar-refractivity contribution in [3.05, 3.63) is 42.0 Å². The van der Waals surface area contributed by atoms with Crippen LogP contribution in [0.4, 0.5) is 5.82 Å². The molecule has 0 saturated heterocycles. The van der Waals surface area contributed by atoms with Crippen LogP contribution < -0.4 is 5.32 Å². The van der Waals surface area contributed by atoms with E-state index in [1.54, 1.807) is 12.3 Å². The Hall–Kier alpha value is -2.41. The maximum Gasteiger partial charge on any atom is 0.182 e. The summed E-state index contributed by atoms with van der Waals surface area (Å²) in [6, 6.07) is 11.5. The molecule has 4 nitrogen and oxygen atoms in total. The van der Waals surface area contributed by atoms with Crippen molar-refractivity contribution in [1.29, 1.82) is 5.26 Å².